The Morgan fingerprint density at radius 1 is 1.00 bits per heavy atom. The second-order valence-corrected chi connectivity index (χ2v) is 13.1. The summed E-state index contributed by atoms with van der Waals surface area (Å²) in [4.78, 5) is 67.8. The molecular formula is C31H24BrN3O7S2. The summed E-state index contributed by atoms with van der Waals surface area (Å²) < 4.78 is 7.16. The third-order valence-corrected chi connectivity index (χ3v) is 10.4. The van der Waals surface area contributed by atoms with E-state index in [1.54, 1.807) is 19.1 Å². The van der Waals surface area contributed by atoms with E-state index >= 15 is 0 Å². The lowest BCUT2D eigenvalue weighted by atomic mass is 9.83. The Labute approximate surface area is 267 Å². The van der Waals surface area contributed by atoms with Crippen LogP contribution in [0.2, 0.25) is 0 Å². The Kier molecular flexibility index (Phi) is 8.18. The standard InChI is InChI=1S/C31H24BrN3O7S2/c1-2-42-30(40)16-6-10-20(11-7-16)35-27(38)24-23(17-4-3-5-18(32)14-17)26-29(43-25(24)28(35)39)34(31(41)44-26)15-22(37)33-19-8-12-21(36)13-9-19/h3-14,23-25,36H,2,15H2,1H3,(H,33,37). The highest BCUT2D eigenvalue weighted by molar-refractivity contribution is 9.10. The highest BCUT2D eigenvalue weighted by Crippen LogP contribution is 2.54. The van der Waals surface area contributed by atoms with Crippen LogP contribution in [0.25, 0.3) is 0 Å². The van der Waals surface area contributed by atoms with E-state index in [-0.39, 0.29) is 23.8 Å². The van der Waals surface area contributed by atoms with Crippen LogP contribution in [0, 0.1) is 5.92 Å². The average molecular weight is 695 g/mol. The van der Waals surface area contributed by atoms with Crippen LogP contribution >= 0.6 is 39.0 Å². The molecule has 3 heterocycles. The molecule has 10 nitrogen and oxygen atoms in total. The molecule has 3 atom stereocenters. The number of amides is 3. The summed E-state index contributed by atoms with van der Waals surface area (Å²) in [6.07, 6.45) is 0. The number of phenols is 1. The zero-order valence-electron chi connectivity index (χ0n) is 23.1. The Bertz CT molecular complexity index is 1850. The molecule has 1 saturated heterocycles. The lowest BCUT2D eigenvalue weighted by molar-refractivity contribution is -0.122. The van der Waals surface area contributed by atoms with Gasteiger partial charge in [-0.05, 0) is 73.2 Å². The second-order valence-electron chi connectivity index (χ2n) is 10.1. The van der Waals surface area contributed by atoms with E-state index in [2.05, 4.69) is 21.2 Å². The fourth-order valence-corrected chi connectivity index (χ4v) is 8.61. The van der Waals surface area contributed by atoms with Gasteiger partial charge in [0.2, 0.25) is 17.7 Å². The monoisotopic (exact) mass is 693 g/mol. The van der Waals surface area contributed by atoms with Crippen molar-refractivity contribution < 1.29 is 29.0 Å². The van der Waals surface area contributed by atoms with E-state index in [4.69, 9.17) is 4.74 Å². The van der Waals surface area contributed by atoms with Crippen molar-refractivity contribution in [3.05, 3.63) is 103 Å². The minimum atomic E-state index is -0.857. The predicted molar refractivity (Wildman–Crippen MR) is 169 cm³/mol. The molecule has 3 aromatic carbocycles. The molecule has 4 aromatic rings. The van der Waals surface area contributed by atoms with Gasteiger partial charge in [0.05, 0.1) is 28.8 Å². The van der Waals surface area contributed by atoms with Gasteiger partial charge in [0.1, 0.15) is 17.5 Å². The third-order valence-electron chi connectivity index (χ3n) is 7.35. The fraction of sp³-hybridized carbons (Fsp3) is 0.194. The van der Waals surface area contributed by atoms with Gasteiger partial charge < -0.3 is 15.2 Å². The number of hydrogen-bond acceptors (Lipinski definition) is 9. The summed E-state index contributed by atoms with van der Waals surface area (Å²) in [6, 6.07) is 19.4. The van der Waals surface area contributed by atoms with Gasteiger partial charge in [-0.25, -0.2) is 9.69 Å². The van der Waals surface area contributed by atoms with Gasteiger partial charge in [0.25, 0.3) is 0 Å². The van der Waals surface area contributed by atoms with Crippen LogP contribution in [0.3, 0.4) is 0 Å². The van der Waals surface area contributed by atoms with Crippen LogP contribution in [0.15, 0.2) is 87.1 Å². The van der Waals surface area contributed by atoms with Gasteiger partial charge in [-0.2, -0.15) is 0 Å². The summed E-state index contributed by atoms with van der Waals surface area (Å²) in [5.74, 6) is -3.20. The van der Waals surface area contributed by atoms with Crippen LogP contribution in [-0.2, 0) is 25.7 Å². The minimum absolute atomic E-state index is 0.0513. The smallest absolute Gasteiger partial charge is 0.338 e. The van der Waals surface area contributed by atoms with E-state index in [0.717, 1.165) is 38.0 Å². The van der Waals surface area contributed by atoms with Crippen LogP contribution in [-0.4, -0.2) is 45.2 Å². The number of carbonyl (C=O) groups excluding carboxylic acids is 4. The molecule has 0 bridgehead atoms. The van der Waals surface area contributed by atoms with Gasteiger partial charge in [0, 0.05) is 21.0 Å². The first-order valence-corrected chi connectivity index (χ1v) is 16.0. The van der Waals surface area contributed by atoms with Gasteiger partial charge in [-0.1, -0.05) is 51.2 Å². The van der Waals surface area contributed by atoms with Gasteiger partial charge in [-0.3, -0.25) is 23.7 Å². The van der Waals surface area contributed by atoms with Crippen molar-refractivity contribution in [2.75, 3.05) is 16.8 Å². The van der Waals surface area contributed by atoms with Crippen molar-refractivity contribution in [1.82, 2.24) is 4.57 Å². The number of carbonyl (C=O) groups is 4. The number of thioether (sulfide) groups is 1. The van der Waals surface area contributed by atoms with E-state index in [9.17, 15) is 29.1 Å². The fourth-order valence-electron chi connectivity index (χ4n) is 5.42. The molecule has 0 radical (unpaired) electrons. The minimum Gasteiger partial charge on any atom is -0.508 e. The lowest BCUT2D eigenvalue weighted by Crippen LogP contribution is -2.33. The lowest BCUT2D eigenvalue weighted by Gasteiger charge is -2.30. The number of imide groups is 1. The number of ether oxygens (including phenoxy) is 1. The van der Waals surface area contributed by atoms with Crippen molar-refractivity contribution in [3.8, 4) is 5.75 Å². The number of benzene rings is 3. The summed E-state index contributed by atoms with van der Waals surface area (Å²) in [5.41, 5.74) is 1.82. The zero-order chi connectivity index (χ0) is 31.1. The highest BCUT2D eigenvalue weighted by atomic mass is 79.9. The van der Waals surface area contributed by atoms with E-state index < -0.39 is 40.8 Å². The second kappa shape index (κ2) is 12.1. The largest absolute Gasteiger partial charge is 0.508 e. The number of esters is 1. The summed E-state index contributed by atoms with van der Waals surface area (Å²) >= 11 is 5.57. The summed E-state index contributed by atoms with van der Waals surface area (Å²) in [5, 5.41) is 11.9. The highest BCUT2D eigenvalue weighted by Gasteiger charge is 2.56. The number of aromatic nitrogens is 1. The molecule has 44 heavy (non-hydrogen) atoms. The summed E-state index contributed by atoms with van der Waals surface area (Å²) in [7, 11) is 0. The number of nitrogens with one attached hydrogen (secondary N) is 1. The molecule has 1 fully saturated rings. The van der Waals surface area contributed by atoms with Gasteiger partial charge in [-0.15, -0.1) is 0 Å². The molecule has 0 aliphatic carbocycles. The first-order chi connectivity index (χ1) is 21.2. The molecule has 13 heteroatoms. The predicted octanol–water partition coefficient (Wildman–Crippen LogP) is 4.99. The molecule has 6 rings (SSSR count). The summed E-state index contributed by atoms with van der Waals surface area (Å²) in [6.45, 7) is 1.62. The molecule has 0 saturated carbocycles. The number of rotatable bonds is 7. The molecule has 0 spiro atoms. The van der Waals surface area contributed by atoms with Crippen LogP contribution in [0.5, 0.6) is 5.75 Å². The molecular weight excluding hydrogens is 670 g/mol. The number of hydrogen-bond donors (Lipinski definition) is 2. The Hall–Kier alpha value is -4.20. The van der Waals surface area contributed by atoms with E-state index in [1.165, 1.54) is 41.0 Å². The molecule has 224 valence electrons. The van der Waals surface area contributed by atoms with Crippen molar-refractivity contribution in [2.45, 2.75) is 29.7 Å². The molecule has 2 aliphatic heterocycles. The topological polar surface area (TPSA) is 135 Å². The number of nitrogens with zero attached hydrogens (tertiary/aromatic N) is 2. The van der Waals surface area contributed by atoms with Crippen molar-refractivity contribution in [3.63, 3.8) is 0 Å². The number of thiazole rings is 1. The first-order valence-electron chi connectivity index (χ1n) is 13.6. The Morgan fingerprint density at radius 3 is 2.41 bits per heavy atom. The number of fused-ring (bicyclic) bond motifs is 2. The van der Waals surface area contributed by atoms with Gasteiger partial charge in [0.15, 0.2) is 0 Å². The van der Waals surface area contributed by atoms with Crippen LogP contribution < -0.4 is 15.1 Å². The van der Waals surface area contributed by atoms with E-state index in [1.807, 2.05) is 24.3 Å². The van der Waals surface area contributed by atoms with E-state index in [0.29, 0.717) is 26.8 Å². The van der Waals surface area contributed by atoms with Crippen molar-refractivity contribution >= 4 is 74.1 Å². The van der Waals surface area contributed by atoms with Crippen molar-refractivity contribution in [2.24, 2.45) is 5.92 Å². The maximum absolute atomic E-state index is 14.1. The number of aromatic hydroxyl groups is 1. The third kappa shape index (κ3) is 5.46. The van der Waals surface area contributed by atoms with Crippen LogP contribution in [0.1, 0.15) is 33.6 Å². The maximum Gasteiger partial charge on any atom is 0.338 e. The molecule has 2 N–H and O–H groups in total. The zero-order valence-corrected chi connectivity index (χ0v) is 26.3. The van der Waals surface area contributed by atoms with Crippen molar-refractivity contribution in [1.29, 1.82) is 0 Å². The number of anilines is 2. The molecule has 2 aliphatic rings. The Balaban J connectivity index is 1.37. The maximum atomic E-state index is 14.1. The molecule has 3 amide bonds. The number of halogens is 1. The first kappa shape index (κ1) is 29.9. The SMILES string of the molecule is CCOC(=O)c1ccc(N2C(=O)C3Sc4c(sc(=O)n4CC(=O)Nc4ccc(O)cc4)C(c4cccc(Br)c4)C3C2=O)cc1. The van der Waals surface area contributed by atoms with Gasteiger partial charge >= 0.3 is 10.8 Å². The van der Waals surface area contributed by atoms with Crippen LogP contribution in [0.4, 0.5) is 11.4 Å². The normalized spacial score (nSPS) is 19.0. The molecule has 3 unspecified atom stereocenters. The number of phenolic OH excluding ortho intramolecular Hbond substituents is 1. The molecule has 1 aromatic heterocycles. The Morgan fingerprint density at radius 2 is 1.73 bits per heavy atom. The quantitative estimate of drug-likeness (QED) is 0.157. The average Bonchev–Trinajstić information content (AvgIpc) is 3.44.